The van der Waals surface area contributed by atoms with Gasteiger partial charge in [-0.25, -0.2) is 0 Å². The number of carbonyl (C=O) groups is 1. The largest absolute Gasteiger partial charge is 0.496 e. The second-order valence-electron chi connectivity index (χ2n) is 5.47. The van der Waals surface area contributed by atoms with E-state index in [-0.39, 0.29) is 12.1 Å². The molecule has 5 nitrogen and oxygen atoms in total. The van der Waals surface area contributed by atoms with Gasteiger partial charge < -0.3 is 14.4 Å². The second kappa shape index (κ2) is 6.45. The normalized spacial score (nSPS) is 25.4. The van der Waals surface area contributed by atoms with Gasteiger partial charge in [0.05, 0.1) is 19.3 Å². The van der Waals surface area contributed by atoms with Gasteiger partial charge in [0, 0.05) is 19.2 Å². The highest BCUT2D eigenvalue weighted by Crippen LogP contribution is 2.36. The maximum absolute atomic E-state index is 12.7. The highest BCUT2D eigenvalue weighted by atomic mass is 16.5. The average Bonchev–Trinajstić information content (AvgIpc) is 2.77. The summed E-state index contributed by atoms with van der Waals surface area (Å²) in [6.45, 7) is 5.04. The van der Waals surface area contributed by atoms with Gasteiger partial charge in [-0.05, 0) is 19.4 Å². The van der Waals surface area contributed by atoms with Crippen molar-refractivity contribution in [2.24, 2.45) is 0 Å². The van der Waals surface area contributed by atoms with Crippen molar-refractivity contribution in [1.29, 1.82) is 0 Å². The number of methoxy groups -OCH3 is 2. The summed E-state index contributed by atoms with van der Waals surface area (Å²) < 4.78 is 10.6. The number of para-hydroxylation sites is 1. The van der Waals surface area contributed by atoms with E-state index in [0.717, 1.165) is 17.7 Å². The molecule has 1 N–H and O–H groups in total. The number of hydrogen-bond donors (Lipinski definition) is 1. The van der Waals surface area contributed by atoms with Crippen molar-refractivity contribution < 1.29 is 14.3 Å². The molecular weight excluding hydrogens is 268 g/mol. The molecule has 0 aromatic heterocycles. The van der Waals surface area contributed by atoms with Crippen LogP contribution in [0.5, 0.6) is 5.75 Å². The van der Waals surface area contributed by atoms with Gasteiger partial charge in [-0.1, -0.05) is 25.1 Å². The Hall–Kier alpha value is -1.59. The molecule has 2 unspecified atom stereocenters. The minimum absolute atomic E-state index is 0.109. The Kier molecular flexibility index (Phi) is 4.85. The molecule has 1 heterocycles. The molecule has 0 bridgehead atoms. The minimum Gasteiger partial charge on any atom is -0.496 e. The fourth-order valence-corrected chi connectivity index (χ4v) is 2.69. The molecular formula is C16H24N2O3. The van der Waals surface area contributed by atoms with Crippen LogP contribution in [-0.4, -0.2) is 43.7 Å². The first-order chi connectivity index (χ1) is 10.1. The van der Waals surface area contributed by atoms with Gasteiger partial charge in [-0.2, -0.15) is 0 Å². The lowest BCUT2D eigenvalue weighted by Crippen LogP contribution is -2.43. The summed E-state index contributed by atoms with van der Waals surface area (Å²) in [5.41, 5.74) is 0.431. The minimum atomic E-state index is -0.542. The molecule has 1 aromatic rings. The Morgan fingerprint density at radius 2 is 2.05 bits per heavy atom. The van der Waals surface area contributed by atoms with Crippen molar-refractivity contribution in [1.82, 2.24) is 10.2 Å². The molecule has 5 heteroatoms. The molecule has 1 saturated heterocycles. The van der Waals surface area contributed by atoms with Crippen molar-refractivity contribution in [3.05, 3.63) is 29.8 Å². The van der Waals surface area contributed by atoms with E-state index >= 15 is 0 Å². The van der Waals surface area contributed by atoms with Crippen LogP contribution in [0.15, 0.2) is 24.3 Å². The van der Waals surface area contributed by atoms with Gasteiger partial charge in [-0.15, -0.1) is 0 Å². The van der Waals surface area contributed by atoms with Gasteiger partial charge in [-0.3, -0.25) is 10.1 Å². The molecule has 2 rings (SSSR count). The fraction of sp³-hybridized carbons (Fsp3) is 0.562. The summed E-state index contributed by atoms with van der Waals surface area (Å²) in [5, 5.41) is 3.46. The number of nitrogens with zero attached hydrogens (tertiary/aromatic N) is 1. The smallest absolute Gasteiger partial charge is 0.244 e. The molecule has 21 heavy (non-hydrogen) atoms. The topological polar surface area (TPSA) is 50.8 Å². The lowest BCUT2D eigenvalue weighted by Gasteiger charge is -2.25. The van der Waals surface area contributed by atoms with Crippen LogP contribution < -0.4 is 10.1 Å². The number of nitrogens with one attached hydrogen (secondary N) is 1. The number of benzene rings is 1. The van der Waals surface area contributed by atoms with Crippen molar-refractivity contribution in [3.8, 4) is 5.75 Å². The number of carbonyl (C=O) groups excluding carboxylic acids is 1. The number of hydrogen-bond acceptors (Lipinski definition) is 4. The van der Waals surface area contributed by atoms with Crippen molar-refractivity contribution >= 4 is 5.91 Å². The first-order valence-electron chi connectivity index (χ1n) is 7.28. The van der Waals surface area contributed by atoms with Crippen molar-refractivity contribution in [2.75, 3.05) is 27.4 Å². The van der Waals surface area contributed by atoms with E-state index in [0.29, 0.717) is 13.2 Å². The maximum Gasteiger partial charge on any atom is 0.244 e. The van der Waals surface area contributed by atoms with Crippen molar-refractivity contribution in [2.45, 2.75) is 32.0 Å². The lowest BCUT2D eigenvalue weighted by molar-refractivity contribution is -0.133. The lowest BCUT2D eigenvalue weighted by atomic mass is 9.99. The summed E-state index contributed by atoms with van der Waals surface area (Å²) in [4.78, 5) is 14.6. The number of ether oxygens (including phenoxy) is 2. The molecule has 0 aliphatic carbocycles. The van der Waals surface area contributed by atoms with Gasteiger partial charge in [0.1, 0.15) is 11.9 Å². The summed E-state index contributed by atoms with van der Waals surface area (Å²) >= 11 is 0. The monoisotopic (exact) mass is 292 g/mol. The molecule has 1 fully saturated rings. The molecule has 0 radical (unpaired) electrons. The van der Waals surface area contributed by atoms with E-state index in [1.165, 1.54) is 0 Å². The van der Waals surface area contributed by atoms with Crippen LogP contribution in [0.2, 0.25) is 0 Å². The standard InChI is InChI=1S/C16H24N2O3/c1-5-16(2)15(19)18(10-11-20-3)14(17-16)12-8-6-7-9-13(12)21-4/h6-9,14,17H,5,10-11H2,1-4H3. The first kappa shape index (κ1) is 15.8. The molecule has 0 spiro atoms. The zero-order valence-corrected chi connectivity index (χ0v) is 13.2. The van der Waals surface area contributed by atoms with Gasteiger partial charge in [0.15, 0.2) is 0 Å². The quantitative estimate of drug-likeness (QED) is 0.870. The Morgan fingerprint density at radius 3 is 2.67 bits per heavy atom. The predicted octanol–water partition coefficient (Wildman–Crippen LogP) is 1.94. The van der Waals surface area contributed by atoms with Crippen LogP contribution in [0.25, 0.3) is 0 Å². The van der Waals surface area contributed by atoms with Crippen LogP contribution in [0.3, 0.4) is 0 Å². The fourth-order valence-electron chi connectivity index (χ4n) is 2.69. The van der Waals surface area contributed by atoms with Crippen LogP contribution in [0, 0.1) is 0 Å². The maximum atomic E-state index is 12.7. The van der Waals surface area contributed by atoms with Gasteiger partial charge in [0.2, 0.25) is 5.91 Å². The molecule has 1 aromatic carbocycles. The molecule has 1 amide bonds. The third kappa shape index (κ3) is 2.89. The first-order valence-corrected chi connectivity index (χ1v) is 7.28. The van der Waals surface area contributed by atoms with Crippen LogP contribution in [0.4, 0.5) is 0 Å². The molecule has 1 aliphatic rings. The van der Waals surface area contributed by atoms with E-state index in [9.17, 15) is 4.79 Å². The Bertz CT molecular complexity index is 506. The summed E-state index contributed by atoms with van der Waals surface area (Å²) in [5.74, 6) is 0.892. The third-order valence-electron chi connectivity index (χ3n) is 4.18. The summed E-state index contributed by atoms with van der Waals surface area (Å²) in [6, 6.07) is 7.79. The molecule has 116 valence electrons. The van der Waals surface area contributed by atoms with E-state index < -0.39 is 5.54 Å². The SMILES string of the molecule is CCC1(C)NC(c2ccccc2OC)N(CCOC)C1=O. The van der Waals surface area contributed by atoms with Crippen molar-refractivity contribution in [3.63, 3.8) is 0 Å². The van der Waals surface area contributed by atoms with E-state index in [1.807, 2.05) is 43.0 Å². The highest BCUT2D eigenvalue weighted by molar-refractivity contribution is 5.88. The Morgan fingerprint density at radius 1 is 1.33 bits per heavy atom. The third-order valence-corrected chi connectivity index (χ3v) is 4.18. The zero-order valence-electron chi connectivity index (χ0n) is 13.2. The number of rotatable bonds is 6. The van der Waals surface area contributed by atoms with Gasteiger partial charge >= 0.3 is 0 Å². The van der Waals surface area contributed by atoms with Crippen LogP contribution >= 0.6 is 0 Å². The number of amides is 1. The zero-order chi connectivity index (χ0) is 15.5. The van der Waals surface area contributed by atoms with E-state index in [2.05, 4.69) is 5.32 Å². The summed E-state index contributed by atoms with van der Waals surface area (Å²) in [7, 11) is 3.29. The van der Waals surface area contributed by atoms with E-state index in [4.69, 9.17) is 9.47 Å². The van der Waals surface area contributed by atoms with E-state index in [1.54, 1.807) is 14.2 Å². The predicted molar refractivity (Wildman–Crippen MR) is 81.2 cm³/mol. The van der Waals surface area contributed by atoms with Crippen LogP contribution in [-0.2, 0) is 9.53 Å². The van der Waals surface area contributed by atoms with Crippen LogP contribution in [0.1, 0.15) is 32.0 Å². The molecule has 2 atom stereocenters. The Balaban J connectivity index is 2.37. The highest BCUT2D eigenvalue weighted by Gasteiger charge is 2.47. The average molecular weight is 292 g/mol. The molecule has 1 aliphatic heterocycles. The summed E-state index contributed by atoms with van der Waals surface area (Å²) in [6.07, 6.45) is 0.551. The second-order valence-corrected chi connectivity index (χ2v) is 5.47. The van der Waals surface area contributed by atoms with Gasteiger partial charge in [0.25, 0.3) is 0 Å². The molecule has 0 saturated carbocycles. The Labute approximate surface area is 126 Å².